The number of aromatic nitrogens is 2. The van der Waals surface area contributed by atoms with Crippen molar-refractivity contribution in [2.75, 3.05) is 17.7 Å². The van der Waals surface area contributed by atoms with E-state index >= 15 is 0 Å². The molecule has 1 aromatic carbocycles. The van der Waals surface area contributed by atoms with Crippen LogP contribution < -0.4 is 10.6 Å². The van der Waals surface area contributed by atoms with E-state index in [1.54, 1.807) is 13.1 Å². The third kappa shape index (κ3) is 3.24. The highest BCUT2D eigenvalue weighted by Crippen LogP contribution is 2.33. The van der Waals surface area contributed by atoms with Gasteiger partial charge in [0.25, 0.3) is 0 Å². The first-order chi connectivity index (χ1) is 8.99. The van der Waals surface area contributed by atoms with Gasteiger partial charge in [-0.15, -0.1) is 0 Å². The molecule has 0 bridgehead atoms. The van der Waals surface area contributed by atoms with E-state index in [-0.39, 0.29) is 10.0 Å². The first-order valence-corrected chi connectivity index (χ1v) is 6.20. The van der Waals surface area contributed by atoms with E-state index in [1.807, 2.05) is 6.92 Å². The van der Waals surface area contributed by atoms with Crippen LogP contribution >= 0.6 is 23.2 Å². The van der Waals surface area contributed by atoms with E-state index in [2.05, 4.69) is 20.6 Å². The minimum absolute atomic E-state index is 0.187. The summed E-state index contributed by atoms with van der Waals surface area (Å²) in [6.07, 6.45) is 0. The molecule has 0 spiro atoms. The van der Waals surface area contributed by atoms with Crippen LogP contribution in [0.5, 0.6) is 0 Å². The third-order valence-corrected chi connectivity index (χ3v) is 2.93. The smallest absolute Gasteiger partial charge is 0.224 e. The number of nitrogens with one attached hydrogen (secondary N) is 2. The fourth-order valence-corrected chi connectivity index (χ4v) is 2.09. The van der Waals surface area contributed by atoms with E-state index in [0.29, 0.717) is 17.5 Å². The summed E-state index contributed by atoms with van der Waals surface area (Å²) >= 11 is 11.9. The molecule has 0 aliphatic heterocycles. The summed E-state index contributed by atoms with van der Waals surface area (Å²) in [7, 11) is 1.72. The average Bonchev–Trinajstić information content (AvgIpc) is 2.33. The quantitative estimate of drug-likeness (QED) is 0.899. The zero-order chi connectivity index (χ0) is 14.0. The van der Waals surface area contributed by atoms with Crippen molar-refractivity contribution in [3.63, 3.8) is 0 Å². The Morgan fingerprint density at radius 3 is 2.32 bits per heavy atom. The van der Waals surface area contributed by atoms with Gasteiger partial charge in [0.2, 0.25) is 5.95 Å². The van der Waals surface area contributed by atoms with Crippen molar-refractivity contribution < 1.29 is 4.39 Å². The standard InChI is InChI=1S/C12H11Cl2FN4/c1-6-3-10(19-12(16-2)17-6)18-11-8(13)4-7(15)5-9(11)14/h3-5H,1-2H3,(H2,16,17,18,19). The number of halogens is 3. The molecule has 19 heavy (non-hydrogen) atoms. The highest BCUT2D eigenvalue weighted by atomic mass is 35.5. The van der Waals surface area contributed by atoms with Crippen molar-refractivity contribution >= 4 is 40.7 Å². The van der Waals surface area contributed by atoms with Gasteiger partial charge in [0.05, 0.1) is 15.7 Å². The van der Waals surface area contributed by atoms with Gasteiger partial charge in [-0.2, -0.15) is 4.98 Å². The van der Waals surface area contributed by atoms with Crippen LogP contribution in [0.15, 0.2) is 18.2 Å². The molecule has 0 saturated carbocycles. The van der Waals surface area contributed by atoms with Crippen LogP contribution in [0.4, 0.5) is 21.8 Å². The summed E-state index contributed by atoms with van der Waals surface area (Å²) in [5.41, 5.74) is 1.18. The van der Waals surface area contributed by atoms with Crippen molar-refractivity contribution in [2.24, 2.45) is 0 Å². The molecule has 100 valence electrons. The molecule has 1 aromatic heterocycles. The second kappa shape index (κ2) is 5.59. The Kier molecular flexibility index (Phi) is 4.07. The zero-order valence-electron chi connectivity index (χ0n) is 10.3. The van der Waals surface area contributed by atoms with Crippen LogP contribution in [-0.2, 0) is 0 Å². The lowest BCUT2D eigenvalue weighted by molar-refractivity contribution is 0.628. The molecule has 1 heterocycles. The molecule has 2 rings (SSSR count). The number of nitrogens with zero attached hydrogens (tertiary/aromatic N) is 2. The predicted octanol–water partition coefficient (Wildman–Crippen LogP) is 4.02. The van der Waals surface area contributed by atoms with Gasteiger partial charge in [0.15, 0.2) is 0 Å². The topological polar surface area (TPSA) is 49.8 Å². The number of benzene rings is 1. The Labute approximate surface area is 120 Å². The minimum Gasteiger partial charge on any atom is -0.357 e. The fraction of sp³-hybridized carbons (Fsp3) is 0.167. The number of anilines is 3. The van der Waals surface area contributed by atoms with E-state index in [0.717, 1.165) is 5.69 Å². The van der Waals surface area contributed by atoms with E-state index in [9.17, 15) is 4.39 Å². The molecule has 0 atom stereocenters. The minimum atomic E-state index is -0.490. The first-order valence-electron chi connectivity index (χ1n) is 5.44. The van der Waals surface area contributed by atoms with Crippen molar-refractivity contribution in [1.82, 2.24) is 9.97 Å². The lowest BCUT2D eigenvalue weighted by atomic mass is 10.3. The maximum absolute atomic E-state index is 13.1. The molecule has 0 aliphatic rings. The van der Waals surface area contributed by atoms with Crippen molar-refractivity contribution in [3.05, 3.63) is 39.8 Å². The summed E-state index contributed by atoms with van der Waals surface area (Å²) in [6, 6.07) is 4.10. The van der Waals surface area contributed by atoms with Crippen LogP contribution in [0.2, 0.25) is 10.0 Å². The molecule has 2 aromatic rings. The SMILES string of the molecule is CNc1nc(C)cc(Nc2c(Cl)cc(F)cc2Cl)n1. The molecule has 7 heteroatoms. The maximum Gasteiger partial charge on any atom is 0.224 e. The van der Waals surface area contributed by atoms with E-state index in [4.69, 9.17) is 23.2 Å². The maximum atomic E-state index is 13.1. The lowest BCUT2D eigenvalue weighted by Gasteiger charge is -2.11. The molecule has 0 radical (unpaired) electrons. The molecule has 0 fully saturated rings. The Hall–Kier alpha value is -1.59. The van der Waals surface area contributed by atoms with Gasteiger partial charge >= 0.3 is 0 Å². The largest absolute Gasteiger partial charge is 0.357 e. The third-order valence-electron chi connectivity index (χ3n) is 2.34. The normalized spacial score (nSPS) is 10.4. The summed E-state index contributed by atoms with van der Waals surface area (Å²) in [5.74, 6) is 0.499. The van der Waals surface area contributed by atoms with Crippen LogP contribution in [0.25, 0.3) is 0 Å². The Morgan fingerprint density at radius 1 is 1.11 bits per heavy atom. The zero-order valence-corrected chi connectivity index (χ0v) is 11.8. The van der Waals surface area contributed by atoms with Crippen LogP contribution in [0, 0.1) is 12.7 Å². The van der Waals surface area contributed by atoms with Crippen LogP contribution in [-0.4, -0.2) is 17.0 Å². The highest BCUT2D eigenvalue weighted by molar-refractivity contribution is 6.39. The highest BCUT2D eigenvalue weighted by Gasteiger charge is 2.10. The number of aryl methyl sites for hydroxylation is 1. The molecule has 0 amide bonds. The van der Waals surface area contributed by atoms with Crippen LogP contribution in [0.3, 0.4) is 0 Å². The van der Waals surface area contributed by atoms with Crippen molar-refractivity contribution in [1.29, 1.82) is 0 Å². The summed E-state index contributed by atoms with van der Waals surface area (Å²) < 4.78 is 13.1. The molecule has 0 saturated heterocycles. The summed E-state index contributed by atoms with van der Waals surface area (Å²) in [4.78, 5) is 8.37. The van der Waals surface area contributed by atoms with Crippen molar-refractivity contribution in [3.8, 4) is 0 Å². The number of rotatable bonds is 3. The second-order valence-corrected chi connectivity index (χ2v) is 4.65. The Balaban J connectivity index is 2.39. The summed E-state index contributed by atoms with van der Waals surface area (Å²) in [5, 5.41) is 6.18. The summed E-state index contributed by atoms with van der Waals surface area (Å²) in [6.45, 7) is 1.83. The van der Waals surface area contributed by atoms with Gasteiger partial charge in [-0.1, -0.05) is 23.2 Å². The lowest BCUT2D eigenvalue weighted by Crippen LogP contribution is -2.02. The predicted molar refractivity (Wildman–Crippen MR) is 76.0 cm³/mol. The van der Waals surface area contributed by atoms with Gasteiger partial charge in [0, 0.05) is 18.8 Å². The van der Waals surface area contributed by atoms with E-state index in [1.165, 1.54) is 12.1 Å². The van der Waals surface area contributed by atoms with Gasteiger partial charge in [-0.3, -0.25) is 0 Å². The van der Waals surface area contributed by atoms with Gasteiger partial charge in [-0.25, -0.2) is 9.37 Å². The molecule has 0 unspecified atom stereocenters. The number of hydrogen-bond donors (Lipinski definition) is 2. The van der Waals surface area contributed by atoms with Crippen molar-refractivity contribution in [2.45, 2.75) is 6.92 Å². The monoisotopic (exact) mass is 300 g/mol. The number of hydrogen-bond acceptors (Lipinski definition) is 4. The average molecular weight is 301 g/mol. The van der Waals surface area contributed by atoms with E-state index < -0.39 is 5.82 Å². The fourth-order valence-electron chi connectivity index (χ4n) is 1.53. The van der Waals surface area contributed by atoms with Crippen LogP contribution in [0.1, 0.15) is 5.69 Å². The van der Waals surface area contributed by atoms with Gasteiger partial charge in [0.1, 0.15) is 11.6 Å². The first kappa shape index (κ1) is 13.8. The Morgan fingerprint density at radius 2 is 1.74 bits per heavy atom. The molecular formula is C12H11Cl2FN4. The molecule has 2 N–H and O–H groups in total. The molecular weight excluding hydrogens is 290 g/mol. The molecule has 4 nitrogen and oxygen atoms in total. The second-order valence-electron chi connectivity index (χ2n) is 3.84. The van der Waals surface area contributed by atoms with Gasteiger partial charge < -0.3 is 10.6 Å². The Bertz CT molecular complexity index is 596. The molecule has 0 aliphatic carbocycles. The van der Waals surface area contributed by atoms with Gasteiger partial charge in [-0.05, 0) is 19.1 Å².